The van der Waals surface area contributed by atoms with Crippen LogP contribution in [0.3, 0.4) is 0 Å². The van der Waals surface area contributed by atoms with E-state index in [1.807, 2.05) is 6.07 Å². The molecule has 0 radical (unpaired) electrons. The van der Waals surface area contributed by atoms with Gasteiger partial charge in [-0.1, -0.05) is 25.1 Å². The van der Waals surface area contributed by atoms with Crippen LogP contribution in [-0.4, -0.2) is 7.11 Å². The lowest BCUT2D eigenvalue weighted by molar-refractivity contribution is 0.410. The van der Waals surface area contributed by atoms with E-state index >= 15 is 0 Å². The summed E-state index contributed by atoms with van der Waals surface area (Å²) in [5.74, 6) is 0.602. The molecule has 1 rings (SSSR count). The lowest BCUT2D eigenvalue weighted by atomic mass is 10.1. The van der Waals surface area contributed by atoms with Crippen molar-refractivity contribution in [3.8, 4) is 5.75 Å². The molecule has 0 aliphatic rings. The zero-order valence-corrected chi connectivity index (χ0v) is 6.22. The van der Waals surface area contributed by atoms with Crippen LogP contribution in [0.5, 0.6) is 5.75 Å². The molecule has 0 saturated carbocycles. The van der Waals surface area contributed by atoms with Crippen LogP contribution in [0.2, 0.25) is 0 Å². The first-order valence-electron chi connectivity index (χ1n) is 4.19. The highest BCUT2D eigenvalue weighted by atomic mass is 16.5. The third kappa shape index (κ3) is 1.29. The minimum absolute atomic E-state index is 0.590. The van der Waals surface area contributed by atoms with Gasteiger partial charge in [-0.25, -0.2) is 0 Å². The molecule has 0 spiro atoms. The Balaban J connectivity index is 3.14. The van der Waals surface area contributed by atoms with E-state index in [0.717, 1.165) is 0 Å². The van der Waals surface area contributed by atoms with Gasteiger partial charge in [0.25, 0.3) is 0 Å². The van der Waals surface area contributed by atoms with Crippen LogP contribution in [-0.2, 0) is 6.37 Å². The average Bonchev–Trinajstić information content (AvgIpc) is 2.03. The van der Waals surface area contributed by atoms with Crippen molar-refractivity contribution in [2.45, 2.75) is 13.3 Å². The van der Waals surface area contributed by atoms with Crippen LogP contribution in [0.25, 0.3) is 0 Å². The summed E-state index contributed by atoms with van der Waals surface area (Å²) in [5, 5.41) is 0. The molecule has 0 heterocycles. The average molecular weight is 138 g/mol. The van der Waals surface area contributed by atoms with Gasteiger partial charge in [0.15, 0.2) is 0 Å². The summed E-state index contributed by atoms with van der Waals surface area (Å²) >= 11 is 0. The largest absolute Gasteiger partial charge is 0.496 e. The predicted molar refractivity (Wildman–Crippen MR) is 42.4 cm³/mol. The Morgan fingerprint density at radius 3 is 2.70 bits per heavy atom. The summed E-state index contributed by atoms with van der Waals surface area (Å²) in [5.41, 5.74) is 0.590. The maximum Gasteiger partial charge on any atom is 0.122 e. The van der Waals surface area contributed by atoms with Crippen molar-refractivity contribution in [1.82, 2.24) is 0 Å². The van der Waals surface area contributed by atoms with Crippen molar-refractivity contribution in [2.24, 2.45) is 0 Å². The molecule has 0 fully saturated rings. The number of methoxy groups -OCH3 is 1. The van der Waals surface area contributed by atoms with E-state index in [0.29, 0.717) is 11.3 Å². The normalized spacial score (nSPS) is 13.8. The number of para-hydroxylation sites is 1. The summed E-state index contributed by atoms with van der Waals surface area (Å²) in [6.07, 6.45) is -1.34. The molecule has 0 bridgehead atoms. The molecule has 0 unspecified atom stereocenters. The highest BCUT2D eigenvalue weighted by Gasteiger charge is 1.95. The maximum atomic E-state index is 7.50. The zero-order chi connectivity index (χ0) is 9.19. The van der Waals surface area contributed by atoms with Crippen LogP contribution < -0.4 is 4.74 Å². The van der Waals surface area contributed by atoms with Gasteiger partial charge >= 0.3 is 0 Å². The summed E-state index contributed by atoms with van der Waals surface area (Å²) in [4.78, 5) is 0. The van der Waals surface area contributed by atoms with Crippen molar-refractivity contribution in [1.29, 1.82) is 0 Å². The lowest BCUT2D eigenvalue weighted by Crippen LogP contribution is -1.88. The molecule has 1 aromatic rings. The zero-order valence-electron chi connectivity index (χ0n) is 8.22. The number of hydrogen-bond acceptors (Lipinski definition) is 1. The lowest BCUT2D eigenvalue weighted by Gasteiger charge is -2.03. The quantitative estimate of drug-likeness (QED) is 0.609. The van der Waals surface area contributed by atoms with Gasteiger partial charge in [-0.15, -0.1) is 0 Å². The van der Waals surface area contributed by atoms with Crippen LogP contribution >= 0.6 is 0 Å². The molecule has 0 aromatic heterocycles. The first kappa shape index (κ1) is 4.78. The number of aryl methyl sites for hydroxylation is 1. The monoisotopic (exact) mass is 138 g/mol. The molecule has 0 N–H and O–H groups in total. The molecule has 1 heteroatoms. The minimum atomic E-state index is -1.34. The van der Waals surface area contributed by atoms with Crippen molar-refractivity contribution >= 4 is 0 Å². The topological polar surface area (TPSA) is 9.23 Å². The molecular formula is C9H12O. The number of benzene rings is 1. The van der Waals surface area contributed by atoms with Gasteiger partial charge in [0, 0.05) is 2.74 Å². The second-order valence-corrected chi connectivity index (χ2v) is 1.95. The third-order valence-corrected chi connectivity index (χ3v) is 1.38. The SMILES string of the molecule is [2H]C([2H])(C)c1ccccc1OC. The maximum absolute atomic E-state index is 7.50. The summed E-state index contributed by atoms with van der Waals surface area (Å²) in [6.45, 7) is 1.52. The fourth-order valence-electron chi connectivity index (χ4n) is 0.851. The van der Waals surface area contributed by atoms with Crippen molar-refractivity contribution < 1.29 is 7.48 Å². The standard InChI is InChI=1S/C9H12O/c1-3-8-6-4-5-7-9(8)10-2/h4-7H,3H2,1-2H3/i3D2. The Kier molecular flexibility index (Phi) is 1.55. The molecule has 0 aliphatic carbocycles. The van der Waals surface area contributed by atoms with E-state index in [1.165, 1.54) is 6.92 Å². The van der Waals surface area contributed by atoms with E-state index in [9.17, 15) is 0 Å². The predicted octanol–water partition coefficient (Wildman–Crippen LogP) is 2.26. The highest BCUT2D eigenvalue weighted by molar-refractivity contribution is 5.32. The smallest absolute Gasteiger partial charge is 0.122 e. The summed E-state index contributed by atoms with van der Waals surface area (Å²) in [6, 6.07) is 7.13. The van der Waals surface area contributed by atoms with Crippen molar-refractivity contribution in [3.63, 3.8) is 0 Å². The van der Waals surface area contributed by atoms with E-state index in [-0.39, 0.29) is 0 Å². The summed E-state index contributed by atoms with van der Waals surface area (Å²) in [7, 11) is 1.55. The molecule has 10 heavy (non-hydrogen) atoms. The Morgan fingerprint density at radius 1 is 1.50 bits per heavy atom. The van der Waals surface area contributed by atoms with Crippen molar-refractivity contribution in [2.75, 3.05) is 7.11 Å². The minimum Gasteiger partial charge on any atom is -0.496 e. The molecule has 0 amide bonds. The van der Waals surface area contributed by atoms with E-state index < -0.39 is 6.37 Å². The molecule has 1 nitrogen and oxygen atoms in total. The molecule has 54 valence electrons. The van der Waals surface area contributed by atoms with Gasteiger partial charge in [0.05, 0.1) is 7.11 Å². The molecule has 0 saturated heterocycles. The van der Waals surface area contributed by atoms with Gasteiger partial charge in [0.2, 0.25) is 0 Å². The second kappa shape index (κ2) is 3.25. The van der Waals surface area contributed by atoms with Crippen LogP contribution in [0.4, 0.5) is 0 Å². The Morgan fingerprint density at radius 2 is 2.20 bits per heavy atom. The van der Waals surface area contributed by atoms with E-state index in [1.54, 1.807) is 25.3 Å². The Labute approximate surface area is 64.4 Å². The highest BCUT2D eigenvalue weighted by Crippen LogP contribution is 2.16. The third-order valence-electron chi connectivity index (χ3n) is 1.38. The fraction of sp³-hybridized carbons (Fsp3) is 0.333. The van der Waals surface area contributed by atoms with Gasteiger partial charge in [-0.3, -0.25) is 0 Å². The summed E-state index contributed by atoms with van der Waals surface area (Å²) < 4.78 is 20.0. The van der Waals surface area contributed by atoms with Gasteiger partial charge in [0.1, 0.15) is 5.75 Å². The van der Waals surface area contributed by atoms with E-state index in [4.69, 9.17) is 7.48 Å². The Bertz CT molecular complexity index is 265. The molecule has 0 aliphatic heterocycles. The van der Waals surface area contributed by atoms with Crippen LogP contribution in [0.1, 0.15) is 15.2 Å². The number of rotatable bonds is 2. The van der Waals surface area contributed by atoms with Crippen molar-refractivity contribution in [3.05, 3.63) is 29.8 Å². The first-order chi connectivity index (χ1) is 5.55. The fourth-order valence-corrected chi connectivity index (χ4v) is 0.851. The molecule has 0 atom stereocenters. The number of ether oxygens (including phenoxy) is 1. The number of hydrogen-bond donors (Lipinski definition) is 0. The van der Waals surface area contributed by atoms with Gasteiger partial charge < -0.3 is 4.74 Å². The second-order valence-electron chi connectivity index (χ2n) is 1.95. The molecule has 1 aromatic carbocycles. The van der Waals surface area contributed by atoms with Gasteiger partial charge in [-0.2, -0.15) is 0 Å². The van der Waals surface area contributed by atoms with E-state index in [2.05, 4.69) is 0 Å². The van der Waals surface area contributed by atoms with Crippen LogP contribution in [0.15, 0.2) is 24.3 Å². The first-order valence-corrected chi connectivity index (χ1v) is 3.19. The van der Waals surface area contributed by atoms with Gasteiger partial charge in [-0.05, 0) is 18.0 Å². The molecular weight excluding hydrogens is 124 g/mol. The van der Waals surface area contributed by atoms with Crippen LogP contribution in [0, 0.1) is 0 Å². The Hall–Kier alpha value is -0.980.